The Bertz CT molecular complexity index is 2790. The van der Waals surface area contributed by atoms with Crippen molar-refractivity contribution in [2.45, 2.75) is 13.1 Å². The van der Waals surface area contributed by atoms with Crippen LogP contribution in [0.3, 0.4) is 0 Å². The SMILES string of the molecule is C=Cc1oc2ccc(-c3c4ccccc4c(-c4ccccc4)c4ccccc34)cc2c1/C(=C\C)c1c2ccccc2c(C(F)(F)F)c2ccccc12. The lowest BCUT2D eigenvalue weighted by Crippen LogP contribution is -2.08. The molecule has 1 nitrogen and oxygen atoms in total. The van der Waals surface area contributed by atoms with Gasteiger partial charge in [0.2, 0.25) is 0 Å². The van der Waals surface area contributed by atoms with Gasteiger partial charge in [0.25, 0.3) is 0 Å². The van der Waals surface area contributed by atoms with E-state index in [1.165, 1.54) is 5.56 Å². The Morgan fingerprint density at radius 3 is 1.46 bits per heavy atom. The molecule has 52 heavy (non-hydrogen) atoms. The van der Waals surface area contributed by atoms with E-state index in [4.69, 9.17) is 4.42 Å². The van der Waals surface area contributed by atoms with Crippen LogP contribution in [0.15, 0.2) is 163 Å². The summed E-state index contributed by atoms with van der Waals surface area (Å²) >= 11 is 0. The zero-order valence-electron chi connectivity index (χ0n) is 28.3. The third-order valence-electron chi connectivity index (χ3n) is 10.2. The molecule has 0 aliphatic heterocycles. The molecule has 0 fully saturated rings. The van der Waals surface area contributed by atoms with Gasteiger partial charge in [-0.15, -0.1) is 0 Å². The van der Waals surface area contributed by atoms with Crippen molar-refractivity contribution in [3.63, 3.8) is 0 Å². The quantitative estimate of drug-likeness (QED) is 0.165. The van der Waals surface area contributed by atoms with Crippen LogP contribution >= 0.6 is 0 Å². The highest BCUT2D eigenvalue weighted by Crippen LogP contribution is 2.49. The molecule has 9 rings (SSSR count). The summed E-state index contributed by atoms with van der Waals surface area (Å²) in [6.07, 6.45) is -0.879. The molecule has 8 aromatic carbocycles. The van der Waals surface area contributed by atoms with Crippen LogP contribution < -0.4 is 0 Å². The minimum Gasteiger partial charge on any atom is -0.456 e. The highest BCUT2D eigenvalue weighted by atomic mass is 19.4. The first-order chi connectivity index (χ1) is 25.4. The Morgan fingerprint density at radius 2 is 0.981 bits per heavy atom. The van der Waals surface area contributed by atoms with E-state index in [1.807, 2.05) is 25.1 Å². The van der Waals surface area contributed by atoms with Gasteiger partial charge >= 0.3 is 6.18 Å². The van der Waals surface area contributed by atoms with Crippen molar-refractivity contribution in [2.24, 2.45) is 0 Å². The normalized spacial score (nSPS) is 12.4. The number of fused-ring (bicyclic) bond motifs is 5. The number of halogens is 3. The minimum absolute atomic E-state index is 0.160. The lowest BCUT2D eigenvalue weighted by atomic mass is 9.84. The van der Waals surface area contributed by atoms with Gasteiger partial charge in [-0.1, -0.05) is 146 Å². The molecule has 0 amide bonds. The van der Waals surface area contributed by atoms with Crippen molar-refractivity contribution in [2.75, 3.05) is 0 Å². The Morgan fingerprint density at radius 1 is 0.519 bits per heavy atom. The Labute approximate surface area is 298 Å². The standard InChI is InChI=1S/C48H31F3O/c1-3-31(45-36-22-12-14-24-38(36)47(48(49,50)51)39-25-15-13-23-37(39)45)46-40-28-30(26-27-42(40)52-41(46)4-2)44-34-20-10-8-18-32(34)43(29-16-6-5-7-17-29)33-19-9-11-21-35(33)44/h3-28H,2H2,1H3/b31-3-. The molecule has 1 heterocycles. The zero-order valence-corrected chi connectivity index (χ0v) is 28.3. The van der Waals surface area contributed by atoms with Crippen LogP contribution in [-0.4, -0.2) is 0 Å². The van der Waals surface area contributed by atoms with Crippen molar-refractivity contribution in [1.82, 2.24) is 0 Å². The van der Waals surface area contributed by atoms with Crippen LogP contribution in [0.1, 0.15) is 29.4 Å². The van der Waals surface area contributed by atoms with Gasteiger partial charge in [-0.3, -0.25) is 0 Å². The van der Waals surface area contributed by atoms with Gasteiger partial charge in [0.1, 0.15) is 11.3 Å². The maximum absolute atomic E-state index is 14.8. The first-order valence-corrected chi connectivity index (χ1v) is 17.2. The predicted molar refractivity (Wildman–Crippen MR) is 211 cm³/mol. The van der Waals surface area contributed by atoms with E-state index in [-0.39, 0.29) is 10.8 Å². The fraction of sp³-hybridized carbons (Fsp3) is 0.0417. The van der Waals surface area contributed by atoms with Gasteiger partial charge in [-0.05, 0) is 102 Å². The summed E-state index contributed by atoms with van der Waals surface area (Å²) in [7, 11) is 0. The fourth-order valence-corrected chi connectivity index (χ4v) is 8.19. The third-order valence-corrected chi connectivity index (χ3v) is 10.2. The molecule has 0 N–H and O–H groups in total. The lowest BCUT2D eigenvalue weighted by Gasteiger charge is -2.20. The average molecular weight is 681 g/mol. The minimum atomic E-state index is -4.54. The first kappa shape index (κ1) is 31.6. The molecule has 250 valence electrons. The summed E-state index contributed by atoms with van der Waals surface area (Å²) < 4.78 is 50.8. The maximum atomic E-state index is 14.8. The Balaban J connectivity index is 1.36. The lowest BCUT2D eigenvalue weighted by molar-refractivity contribution is -0.135. The topological polar surface area (TPSA) is 13.1 Å². The highest BCUT2D eigenvalue weighted by molar-refractivity contribution is 6.22. The molecule has 0 radical (unpaired) electrons. The number of furan rings is 1. The molecule has 0 bridgehead atoms. The molecule has 0 unspecified atom stereocenters. The molecule has 0 saturated carbocycles. The molecule has 0 atom stereocenters. The number of alkyl halides is 3. The fourth-order valence-electron chi connectivity index (χ4n) is 8.19. The Hall–Kier alpha value is -6.39. The number of allylic oxidation sites excluding steroid dienone is 1. The number of benzene rings is 8. The molecular weight excluding hydrogens is 650 g/mol. The molecule has 1 aromatic heterocycles. The zero-order chi connectivity index (χ0) is 35.6. The second-order valence-electron chi connectivity index (χ2n) is 13.0. The smallest absolute Gasteiger partial charge is 0.417 e. The van der Waals surface area contributed by atoms with E-state index in [2.05, 4.69) is 91.5 Å². The molecule has 9 aromatic rings. The number of hydrogen-bond acceptors (Lipinski definition) is 1. The summed E-state index contributed by atoms with van der Waals surface area (Å²) in [5.74, 6) is 0.558. The van der Waals surface area contributed by atoms with E-state index in [9.17, 15) is 13.2 Å². The highest BCUT2D eigenvalue weighted by Gasteiger charge is 2.36. The molecular formula is C48H31F3O. The van der Waals surface area contributed by atoms with E-state index in [0.717, 1.165) is 60.3 Å². The van der Waals surface area contributed by atoms with E-state index >= 15 is 0 Å². The van der Waals surface area contributed by atoms with Gasteiger partial charge in [0.05, 0.1) is 5.56 Å². The molecule has 0 saturated heterocycles. The summed E-state index contributed by atoms with van der Waals surface area (Å²) in [5.41, 5.74) is 6.79. The molecule has 4 heteroatoms. The van der Waals surface area contributed by atoms with Crippen molar-refractivity contribution in [1.29, 1.82) is 0 Å². The van der Waals surface area contributed by atoms with Crippen LogP contribution in [0.4, 0.5) is 13.2 Å². The van der Waals surface area contributed by atoms with E-state index < -0.39 is 11.7 Å². The second kappa shape index (κ2) is 12.1. The summed E-state index contributed by atoms with van der Waals surface area (Å²) in [6.45, 7) is 6.03. The van der Waals surface area contributed by atoms with E-state index in [0.29, 0.717) is 22.1 Å². The maximum Gasteiger partial charge on any atom is 0.417 e. The Kier molecular flexibility index (Phi) is 7.37. The summed E-state index contributed by atoms with van der Waals surface area (Å²) in [5, 5.41) is 6.78. The molecule has 0 spiro atoms. The van der Waals surface area contributed by atoms with Gasteiger partial charge in [0.15, 0.2) is 0 Å². The summed E-state index contributed by atoms with van der Waals surface area (Å²) in [6, 6.07) is 47.4. The monoisotopic (exact) mass is 680 g/mol. The van der Waals surface area contributed by atoms with Crippen molar-refractivity contribution >= 4 is 65.7 Å². The third kappa shape index (κ3) is 4.79. The molecule has 0 aliphatic rings. The van der Waals surface area contributed by atoms with Crippen LogP contribution in [0, 0.1) is 0 Å². The second-order valence-corrected chi connectivity index (χ2v) is 13.0. The van der Waals surface area contributed by atoms with Gasteiger partial charge in [-0.2, -0.15) is 13.2 Å². The van der Waals surface area contributed by atoms with Crippen molar-refractivity contribution in [3.8, 4) is 22.3 Å². The van der Waals surface area contributed by atoms with Crippen molar-refractivity contribution < 1.29 is 17.6 Å². The van der Waals surface area contributed by atoms with Gasteiger partial charge in [-0.25, -0.2) is 0 Å². The average Bonchev–Trinajstić information content (AvgIpc) is 3.54. The van der Waals surface area contributed by atoms with Crippen LogP contribution in [0.5, 0.6) is 0 Å². The van der Waals surface area contributed by atoms with Crippen LogP contribution in [0.2, 0.25) is 0 Å². The predicted octanol–water partition coefficient (Wildman–Crippen LogP) is 14.5. The first-order valence-electron chi connectivity index (χ1n) is 17.2. The van der Waals surface area contributed by atoms with Gasteiger partial charge in [0, 0.05) is 10.9 Å². The van der Waals surface area contributed by atoms with Crippen LogP contribution in [0.25, 0.3) is 88.0 Å². The van der Waals surface area contributed by atoms with Gasteiger partial charge < -0.3 is 4.42 Å². The van der Waals surface area contributed by atoms with Crippen LogP contribution in [-0.2, 0) is 6.18 Å². The number of hydrogen-bond donors (Lipinski definition) is 0. The number of rotatable bonds is 5. The molecule has 0 aliphatic carbocycles. The van der Waals surface area contributed by atoms with E-state index in [1.54, 1.807) is 54.6 Å². The summed E-state index contributed by atoms with van der Waals surface area (Å²) in [4.78, 5) is 0. The largest absolute Gasteiger partial charge is 0.456 e. The van der Waals surface area contributed by atoms with Crippen molar-refractivity contribution in [3.05, 3.63) is 181 Å².